The molecule has 0 amide bonds. The van der Waals surface area contributed by atoms with Crippen molar-refractivity contribution in [3.8, 4) is 5.75 Å². The third-order valence-electron chi connectivity index (χ3n) is 2.44. The lowest BCUT2D eigenvalue weighted by Gasteiger charge is -2.20. The van der Waals surface area contributed by atoms with Gasteiger partial charge in [0.2, 0.25) is 0 Å². The maximum atomic E-state index is 10.9. The molecule has 0 saturated carbocycles. The Hall–Kier alpha value is -1.78. The van der Waals surface area contributed by atoms with E-state index < -0.39 is 4.92 Å². The lowest BCUT2D eigenvalue weighted by molar-refractivity contribution is -0.385. The SMILES string of the molecule is CCCOc1cc(NCC(C)(C)C)ccc1[N+](=O)[O-]. The lowest BCUT2D eigenvalue weighted by atomic mass is 9.97. The Balaban J connectivity index is 2.88. The molecule has 0 aliphatic rings. The zero-order valence-corrected chi connectivity index (χ0v) is 12.0. The first-order chi connectivity index (χ1) is 8.83. The van der Waals surface area contributed by atoms with Gasteiger partial charge in [-0.05, 0) is 17.9 Å². The van der Waals surface area contributed by atoms with Gasteiger partial charge in [-0.3, -0.25) is 10.1 Å². The van der Waals surface area contributed by atoms with Gasteiger partial charge in [0, 0.05) is 24.4 Å². The second kappa shape index (κ2) is 6.41. The van der Waals surface area contributed by atoms with E-state index in [2.05, 4.69) is 26.1 Å². The van der Waals surface area contributed by atoms with Gasteiger partial charge in [-0.25, -0.2) is 0 Å². The highest BCUT2D eigenvalue weighted by molar-refractivity contribution is 5.58. The van der Waals surface area contributed by atoms with Crippen molar-refractivity contribution in [3.05, 3.63) is 28.3 Å². The van der Waals surface area contributed by atoms with Crippen LogP contribution in [0.3, 0.4) is 0 Å². The van der Waals surface area contributed by atoms with E-state index in [1.54, 1.807) is 12.1 Å². The Morgan fingerprint density at radius 2 is 2.05 bits per heavy atom. The fraction of sp³-hybridized carbons (Fsp3) is 0.571. The van der Waals surface area contributed by atoms with Crippen molar-refractivity contribution >= 4 is 11.4 Å². The fourth-order valence-corrected chi connectivity index (χ4v) is 1.47. The number of nitro groups is 1. The fourth-order valence-electron chi connectivity index (χ4n) is 1.47. The van der Waals surface area contributed by atoms with Gasteiger partial charge >= 0.3 is 5.69 Å². The summed E-state index contributed by atoms with van der Waals surface area (Å²) in [5.41, 5.74) is 0.994. The molecule has 0 atom stereocenters. The van der Waals surface area contributed by atoms with Crippen LogP contribution in [-0.2, 0) is 0 Å². The zero-order valence-electron chi connectivity index (χ0n) is 12.0. The number of nitrogens with zero attached hydrogens (tertiary/aromatic N) is 1. The Morgan fingerprint density at radius 3 is 2.58 bits per heavy atom. The molecule has 0 bridgehead atoms. The van der Waals surface area contributed by atoms with E-state index >= 15 is 0 Å². The van der Waals surface area contributed by atoms with Crippen LogP contribution in [0.25, 0.3) is 0 Å². The molecule has 5 nitrogen and oxygen atoms in total. The number of ether oxygens (including phenoxy) is 1. The molecule has 0 aromatic heterocycles. The van der Waals surface area contributed by atoms with E-state index in [0.717, 1.165) is 18.7 Å². The van der Waals surface area contributed by atoms with Crippen LogP contribution in [0.1, 0.15) is 34.1 Å². The molecular weight excluding hydrogens is 244 g/mol. The van der Waals surface area contributed by atoms with Crippen LogP contribution in [0.15, 0.2) is 18.2 Å². The summed E-state index contributed by atoms with van der Waals surface area (Å²) in [6.07, 6.45) is 0.816. The molecule has 0 spiro atoms. The van der Waals surface area contributed by atoms with Gasteiger partial charge in [0.05, 0.1) is 11.5 Å². The lowest BCUT2D eigenvalue weighted by Crippen LogP contribution is -2.19. The summed E-state index contributed by atoms with van der Waals surface area (Å²) in [7, 11) is 0. The number of anilines is 1. The Morgan fingerprint density at radius 1 is 1.37 bits per heavy atom. The van der Waals surface area contributed by atoms with Crippen molar-refractivity contribution < 1.29 is 9.66 Å². The number of hydrogen-bond acceptors (Lipinski definition) is 4. The topological polar surface area (TPSA) is 64.4 Å². The standard InChI is InChI=1S/C14H22N2O3/c1-5-8-19-13-9-11(15-10-14(2,3)4)6-7-12(13)16(17)18/h6-7,9,15H,5,8,10H2,1-4H3. The molecule has 0 fully saturated rings. The molecule has 5 heteroatoms. The van der Waals surface area contributed by atoms with Gasteiger partial charge in [-0.15, -0.1) is 0 Å². The van der Waals surface area contributed by atoms with Gasteiger partial charge in [-0.1, -0.05) is 27.7 Å². The molecule has 1 aromatic rings. The van der Waals surface area contributed by atoms with Crippen LogP contribution >= 0.6 is 0 Å². The van der Waals surface area contributed by atoms with Crippen LogP contribution in [0.4, 0.5) is 11.4 Å². The minimum Gasteiger partial charge on any atom is -0.487 e. The molecule has 0 aliphatic carbocycles. The zero-order chi connectivity index (χ0) is 14.5. The second-order valence-corrected chi connectivity index (χ2v) is 5.70. The van der Waals surface area contributed by atoms with Crippen molar-refractivity contribution in [1.29, 1.82) is 0 Å². The summed E-state index contributed by atoms with van der Waals surface area (Å²) in [4.78, 5) is 10.5. The summed E-state index contributed by atoms with van der Waals surface area (Å²) in [5.74, 6) is 0.325. The average molecular weight is 266 g/mol. The van der Waals surface area contributed by atoms with Crippen LogP contribution < -0.4 is 10.1 Å². The molecule has 0 unspecified atom stereocenters. The van der Waals surface area contributed by atoms with E-state index in [1.165, 1.54) is 6.07 Å². The van der Waals surface area contributed by atoms with Crippen molar-refractivity contribution in [3.63, 3.8) is 0 Å². The van der Waals surface area contributed by atoms with E-state index in [4.69, 9.17) is 4.74 Å². The predicted molar refractivity (Wildman–Crippen MR) is 76.8 cm³/mol. The monoisotopic (exact) mass is 266 g/mol. The molecule has 0 radical (unpaired) electrons. The number of nitro benzene ring substituents is 1. The minimum absolute atomic E-state index is 0.00904. The predicted octanol–water partition coefficient (Wildman–Crippen LogP) is 3.84. The summed E-state index contributed by atoms with van der Waals surface area (Å²) < 4.78 is 5.44. The van der Waals surface area contributed by atoms with Crippen LogP contribution in [-0.4, -0.2) is 18.1 Å². The van der Waals surface area contributed by atoms with Gasteiger partial charge in [0.25, 0.3) is 0 Å². The number of hydrogen-bond donors (Lipinski definition) is 1. The molecule has 1 rings (SSSR count). The number of nitrogens with one attached hydrogen (secondary N) is 1. The van der Waals surface area contributed by atoms with E-state index in [9.17, 15) is 10.1 Å². The largest absolute Gasteiger partial charge is 0.487 e. The molecule has 0 aliphatic heterocycles. The number of rotatable bonds is 6. The van der Waals surface area contributed by atoms with Gasteiger partial charge in [-0.2, -0.15) is 0 Å². The Labute approximate surface area is 114 Å². The third-order valence-corrected chi connectivity index (χ3v) is 2.44. The van der Waals surface area contributed by atoms with Gasteiger partial charge < -0.3 is 10.1 Å². The summed E-state index contributed by atoms with van der Waals surface area (Å²) >= 11 is 0. The maximum Gasteiger partial charge on any atom is 0.311 e. The normalized spacial score (nSPS) is 11.2. The molecule has 1 aromatic carbocycles. The first-order valence-corrected chi connectivity index (χ1v) is 6.48. The summed E-state index contributed by atoms with van der Waals surface area (Å²) in [5, 5.41) is 14.2. The number of benzene rings is 1. The van der Waals surface area contributed by atoms with E-state index in [0.29, 0.717) is 12.4 Å². The molecular formula is C14H22N2O3. The van der Waals surface area contributed by atoms with E-state index in [1.807, 2.05) is 6.92 Å². The molecule has 0 heterocycles. The van der Waals surface area contributed by atoms with Crippen molar-refractivity contribution in [2.45, 2.75) is 34.1 Å². The third kappa shape index (κ3) is 5.16. The first-order valence-electron chi connectivity index (χ1n) is 6.48. The van der Waals surface area contributed by atoms with Gasteiger partial charge in [0.15, 0.2) is 5.75 Å². The average Bonchev–Trinajstić information content (AvgIpc) is 2.32. The van der Waals surface area contributed by atoms with Crippen molar-refractivity contribution in [2.75, 3.05) is 18.5 Å². The summed E-state index contributed by atoms with van der Waals surface area (Å²) in [6.45, 7) is 9.61. The quantitative estimate of drug-likeness (QED) is 0.627. The maximum absolute atomic E-state index is 10.9. The smallest absolute Gasteiger partial charge is 0.311 e. The highest BCUT2D eigenvalue weighted by atomic mass is 16.6. The molecule has 106 valence electrons. The summed E-state index contributed by atoms with van der Waals surface area (Å²) in [6, 6.07) is 4.89. The minimum atomic E-state index is -0.418. The second-order valence-electron chi connectivity index (χ2n) is 5.70. The molecule has 0 saturated heterocycles. The molecule has 19 heavy (non-hydrogen) atoms. The van der Waals surface area contributed by atoms with Crippen molar-refractivity contribution in [2.24, 2.45) is 5.41 Å². The molecule has 1 N–H and O–H groups in total. The van der Waals surface area contributed by atoms with Crippen LogP contribution in [0.2, 0.25) is 0 Å². The Bertz CT molecular complexity index is 439. The first kappa shape index (κ1) is 15.3. The highest BCUT2D eigenvalue weighted by Crippen LogP contribution is 2.30. The van der Waals surface area contributed by atoms with Crippen LogP contribution in [0.5, 0.6) is 5.75 Å². The van der Waals surface area contributed by atoms with Crippen LogP contribution in [0, 0.1) is 15.5 Å². The van der Waals surface area contributed by atoms with Crippen molar-refractivity contribution in [1.82, 2.24) is 0 Å². The highest BCUT2D eigenvalue weighted by Gasteiger charge is 2.16. The Kier molecular flexibility index (Phi) is 5.15. The van der Waals surface area contributed by atoms with E-state index in [-0.39, 0.29) is 11.1 Å². The van der Waals surface area contributed by atoms with Gasteiger partial charge in [0.1, 0.15) is 0 Å².